The average Bonchev–Trinajstić information content (AvgIpc) is 2.58. The van der Waals surface area contributed by atoms with E-state index in [1.807, 2.05) is 31.2 Å². The zero-order chi connectivity index (χ0) is 16.6. The van der Waals surface area contributed by atoms with Crippen LogP contribution in [-0.4, -0.2) is 16.8 Å². The third-order valence-electron chi connectivity index (χ3n) is 3.78. The second-order valence-electron chi connectivity index (χ2n) is 5.34. The first-order valence-electron chi connectivity index (χ1n) is 7.15. The van der Waals surface area contributed by atoms with E-state index in [0.29, 0.717) is 21.5 Å². The first-order chi connectivity index (χ1) is 11.0. The lowest BCUT2D eigenvalue weighted by Gasteiger charge is -2.12. The molecule has 1 N–H and O–H groups in total. The predicted octanol–water partition coefficient (Wildman–Crippen LogP) is 3.71. The Bertz CT molecular complexity index is 930. The highest BCUT2D eigenvalue weighted by Crippen LogP contribution is 2.37. The Morgan fingerprint density at radius 1 is 1.13 bits per heavy atom. The molecule has 0 bridgehead atoms. The summed E-state index contributed by atoms with van der Waals surface area (Å²) in [6.07, 6.45) is 0. The van der Waals surface area contributed by atoms with Gasteiger partial charge in [0.15, 0.2) is 0 Å². The first-order valence-corrected chi connectivity index (χ1v) is 7.97. The molecule has 0 amide bonds. The van der Waals surface area contributed by atoms with Crippen LogP contribution in [0.4, 0.5) is 0 Å². The highest BCUT2D eigenvalue weighted by molar-refractivity contribution is 7.99. The summed E-state index contributed by atoms with van der Waals surface area (Å²) in [5, 5.41) is 11.2. The quantitative estimate of drug-likeness (QED) is 0.797. The van der Waals surface area contributed by atoms with E-state index in [-0.39, 0.29) is 11.3 Å². The number of aromatic hydroxyl groups is 1. The second-order valence-corrected chi connectivity index (χ2v) is 6.42. The highest BCUT2D eigenvalue weighted by atomic mass is 32.2. The van der Waals surface area contributed by atoms with Crippen LogP contribution in [0.2, 0.25) is 0 Å². The summed E-state index contributed by atoms with van der Waals surface area (Å²) in [5.74, 6) is 0.630. The fourth-order valence-corrected chi connectivity index (χ4v) is 3.36. The number of rotatable bonds is 3. The zero-order valence-corrected chi connectivity index (χ0v) is 14.0. The first kappa shape index (κ1) is 15.5. The van der Waals surface area contributed by atoms with Gasteiger partial charge in [-0.3, -0.25) is 4.79 Å². The molecule has 4 nitrogen and oxygen atoms in total. The Morgan fingerprint density at radius 2 is 1.83 bits per heavy atom. The number of aromatic nitrogens is 1. The molecule has 1 heterocycles. The zero-order valence-electron chi connectivity index (χ0n) is 13.2. The maximum absolute atomic E-state index is 12.6. The molecule has 118 valence electrons. The number of hydrogen-bond donors (Lipinski definition) is 1. The standard InChI is InChI=1S/C18H17NO3S/c1-11-4-7-13(8-5-11)23-17-16(20)14-10-12(22-3)6-9-15(14)19(2)18(17)21/h4-10,20H,1-3H3. The molecular formula is C18H17NO3S. The van der Waals surface area contributed by atoms with E-state index in [9.17, 15) is 9.90 Å². The van der Waals surface area contributed by atoms with Crippen LogP contribution in [0.25, 0.3) is 10.9 Å². The van der Waals surface area contributed by atoms with E-state index < -0.39 is 0 Å². The third kappa shape index (κ3) is 2.80. The van der Waals surface area contributed by atoms with E-state index >= 15 is 0 Å². The predicted molar refractivity (Wildman–Crippen MR) is 92.7 cm³/mol. The Kier molecular flexibility index (Phi) is 4.05. The van der Waals surface area contributed by atoms with Crippen LogP contribution in [0.15, 0.2) is 57.1 Å². The molecule has 5 heteroatoms. The topological polar surface area (TPSA) is 51.5 Å². The summed E-state index contributed by atoms with van der Waals surface area (Å²) >= 11 is 1.27. The Balaban J connectivity index is 2.19. The molecule has 0 fully saturated rings. The number of hydrogen-bond acceptors (Lipinski definition) is 4. The summed E-state index contributed by atoms with van der Waals surface area (Å²) < 4.78 is 6.76. The van der Waals surface area contributed by atoms with Crippen LogP contribution in [0.5, 0.6) is 11.5 Å². The Morgan fingerprint density at radius 3 is 2.48 bits per heavy atom. The molecule has 0 saturated carbocycles. The van der Waals surface area contributed by atoms with Gasteiger partial charge < -0.3 is 14.4 Å². The van der Waals surface area contributed by atoms with Gasteiger partial charge in [-0.05, 0) is 37.3 Å². The fraction of sp³-hybridized carbons (Fsp3) is 0.167. The van der Waals surface area contributed by atoms with Gasteiger partial charge in [0, 0.05) is 17.3 Å². The van der Waals surface area contributed by atoms with Crippen molar-refractivity contribution in [2.75, 3.05) is 7.11 Å². The van der Waals surface area contributed by atoms with Crippen LogP contribution in [0, 0.1) is 6.92 Å². The van der Waals surface area contributed by atoms with Gasteiger partial charge in [0.05, 0.1) is 12.6 Å². The van der Waals surface area contributed by atoms with Crippen LogP contribution in [0.1, 0.15) is 5.56 Å². The molecule has 1 aromatic heterocycles. The lowest BCUT2D eigenvalue weighted by atomic mass is 10.2. The van der Waals surface area contributed by atoms with E-state index in [0.717, 1.165) is 10.5 Å². The number of fused-ring (bicyclic) bond motifs is 1. The third-order valence-corrected chi connectivity index (χ3v) is 4.86. The molecule has 2 aromatic carbocycles. The molecule has 0 aliphatic carbocycles. The molecular weight excluding hydrogens is 310 g/mol. The Hall–Kier alpha value is -2.40. The largest absolute Gasteiger partial charge is 0.506 e. The normalized spacial score (nSPS) is 10.9. The number of benzene rings is 2. The van der Waals surface area contributed by atoms with Crippen molar-refractivity contribution < 1.29 is 9.84 Å². The van der Waals surface area contributed by atoms with Gasteiger partial charge >= 0.3 is 0 Å². The lowest BCUT2D eigenvalue weighted by Crippen LogP contribution is -2.18. The van der Waals surface area contributed by atoms with E-state index in [4.69, 9.17) is 4.74 Å². The average molecular weight is 327 g/mol. The van der Waals surface area contributed by atoms with Gasteiger partial charge in [-0.15, -0.1) is 0 Å². The minimum atomic E-state index is -0.217. The van der Waals surface area contributed by atoms with Gasteiger partial charge in [0.2, 0.25) is 0 Å². The molecule has 0 aliphatic heterocycles. The van der Waals surface area contributed by atoms with Crippen molar-refractivity contribution in [1.29, 1.82) is 0 Å². The molecule has 0 atom stereocenters. The molecule has 0 spiro atoms. The number of nitrogens with zero attached hydrogens (tertiary/aromatic N) is 1. The molecule has 0 aliphatic rings. The van der Waals surface area contributed by atoms with Crippen LogP contribution < -0.4 is 10.3 Å². The molecule has 0 radical (unpaired) electrons. The number of pyridine rings is 1. The van der Waals surface area contributed by atoms with Crippen LogP contribution >= 0.6 is 11.8 Å². The summed E-state index contributed by atoms with van der Waals surface area (Å²) in [7, 11) is 3.28. The van der Waals surface area contributed by atoms with Gasteiger partial charge in [0.25, 0.3) is 5.56 Å². The number of aryl methyl sites for hydroxylation is 2. The Labute approximate surface area is 138 Å². The molecule has 3 aromatic rings. The summed E-state index contributed by atoms with van der Waals surface area (Å²) in [6.45, 7) is 2.01. The number of ether oxygens (including phenoxy) is 1. The fourth-order valence-electron chi connectivity index (χ4n) is 2.43. The van der Waals surface area contributed by atoms with Crippen molar-refractivity contribution >= 4 is 22.7 Å². The maximum atomic E-state index is 12.6. The summed E-state index contributed by atoms with van der Waals surface area (Å²) in [5.41, 5.74) is 1.60. The van der Waals surface area contributed by atoms with E-state index in [1.54, 1.807) is 36.9 Å². The van der Waals surface area contributed by atoms with Gasteiger partial charge in [0.1, 0.15) is 16.4 Å². The van der Waals surface area contributed by atoms with Crippen molar-refractivity contribution in [1.82, 2.24) is 4.57 Å². The minimum absolute atomic E-state index is 0.00687. The molecule has 23 heavy (non-hydrogen) atoms. The van der Waals surface area contributed by atoms with Gasteiger partial charge in [-0.25, -0.2) is 0 Å². The van der Waals surface area contributed by atoms with Crippen molar-refractivity contribution in [2.45, 2.75) is 16.7 Å². The van der Waals surface area contributed by atoms with Crippen LogP contribution in [-0.2, 0) is 7.05 Å². The number of methoxy groups -OCH3 is 1. The van der Waals surface area contributed by atoms with Gasteiger partial charge in [-0.2, -0.15) is 0 Å². The van der Waals surface area contributed by atoms with Crippen molar-refractivity contribution in [3.8, 4) is 11.5 Å². The maximum Gasteiger partial charge on any atom is 0.268 e. The molecule has 0 unspecified atom stereocenters. The highest BCUT2D eigenvalue weighted by Gasteiger charge is 2.16. The summed E-state index contributed by atoms with van der Waals surface area (Å²) in [6, 6.07) is 13.1. The lowest BCUT2D eigenvalue weighted by molar-refractivity contribution is 0.414. The van der Waals surface area contributed by atoms with E-state index in [1.165, 1.54) is 11.8 Å². The van der Waals surface area contributed by atoms with Crippen molar-refractivity contribution in [2.24, 2.45) is 7.05 Å². The molecule has 0 saturated heterocycles. The molecule has 3 rings (SSSR count). The van der Waals surface area contributed by atoms with Crippen molar-refractivity contribution in [3.05, 3.63) is 58.4 Å². The van der Waals surface area contributed by atoms with E-state index in [2.05, 4.69) is 0 Å². The minimum Gasteiger partial charge on any atom is -0.506 e. The smallest absolute Gasteiger partial charge is 0.268 e. The second kappa shape index (κ2) is 6.01. The van der Waals surface area contributed by atoms with Gasteiger partial charge in [-0.1, -0.05) is 29.5 Å². The van der Waals surface area contributed by atoms with Crippen LogP contribution in [0.3, 0.4) is 0 Å². The SMILES string of the molecule is COc1ccc2c(c1)c(O)c(Sc1ccc(C)cc1)c(=O)n2C. The monoisotopic (exact) mass is 327 g/mol. The summed E-state index contributed by atoms with van der Waals surface area (Å²) in [4.78, 5) is 13.8. The van der Waals surface area contributed by atoms with Crippen molar-refractivity contribution in [3.63, 3.8) is 0 Å².